The zero-order valence-electron chi connectivity index (χ0n) is 11.9. The van der Waals surface area contributed by atoms with Gasteiger partial charge in [-0.2, -0.15) is 0 Å². The van der Waals surface area contributed by atoms with E-state index in [1.807, 2.05) is 30.3 Å². The first-order valence-electron chi connectivity index (χ1n) is 7.50. The molecule has 1 heterocycles. The van der Waals surface area contributed by atoms with Crippen molar-refractivity contribution in [1.29, 1.82) is 0 Å². The summed E-state index contributed by atoms with van der Waals surface area (Å²) < 4.78 is 0. The fourth-order valence-electron chi connectivity index (χ4n) is 2.86. The maximum absolute atomic E-state index is 11.9. The van der Waals surface area contributed by atoms with Crippen LogP contribution in [0.25, 0.3) is 10.9 Å². The molecule has 5 nitrogen and oxygen atoms in total. The van der Waals surface area contributed by atoms with Crippen molar-refractivity contribution in [2.45, 2.75) is 44.4 Å². The lowest BCUT2D eigenvalue weighted by atomic mass is 9.93. The van der Waals surface area contributed by atoms with E-state index in [0.717, 1.165) is 42.3 Å². The monoisotopic (exact) mass is 287 g/mol. The molecule has 3 rings (SSSR count). The number of aliphatic hydroxyl groups excluding tert-OH is 1. The van der Waals surface area contributed by atoms with Crippen LogP contribution in [0.5, 0.6) is 0 Å². The van der Waals surface area contributed by atoms with Crippen molar-refractivity contribution in [3.05, 3.63) is 36.0 Å². The highest BCUT2D eigenvalue weighted by Crippen LogP contribution is 2.18. The summed E-state index contributed by atoms with van der Waals surface area (Å²) in [5, 5.41) is 16.4. The SMILES string of the molecule is O=C(NCc1cc2ccccc2[nH]1)NC1CCC(O)CC1. The average Bonchev–Trinajstić information content (AvgIpc) is 2.90. The summed E-state index contributed by atoms with van der Waals surface area (Å²) >= 11 is 0. The van der Waals surface area contributed by atoms with Crippen LogP contribution in [0, 0.1) is 0 Å². The standard InChI is InChI=1S/C16H21N3O2/c20-14-7-5-12(6-8-14)19-16(21)17-10-13-9-11-3-1-2-4-15(11)18-13/h1-4,9,12,14,18,20H,5-8,10H2,(H2,17,19,21). The lowest BCUT2D eigenvalue weighted by Crippen LogP contribution is -2.43. The lowest BCUT2D eigenvalue weighted by Gasteiger charge is -2.26. The molecule has 1 fully saturated rings. The molecule has 0 saturated heterocycles. The Labute approximate surface area is 123 Å². The van der Waals surface area contributed by atoms with Gasteiger partial charge in [0.25, 0.3) is 0 Å². The number of aromatic amines is 1. The van der Waals surface area contributed by atoms with Crippen LogP contribution in [0.3, 0.4) is 0 Å². The van der Waals surface area contributed by atoms with E-state index in [0.29, 0.717) is 6.54 Å². The van der Waals surface area contributed by atoms with E-state index in [-0.39, 0.29) is 18.2 Å². The summed E-state index contributed by atoms with van der Waals surface area (Å²) in [6.07, 6.45) is 3.04. The summed E-state index contributed by atoms with van der Waals surface area (Å²) in [4.78, 5) is 15.2. The molecule has 0 atom stereocenters. The van der Waals surface area contributed by atoms with E-state index in [9.17, 15) is 9.90 Å². The number of urea groups is 1. The van der Waals surface area contributed by atoms with E-state index in [1.54, 1.807) is 0 Å². The normalized spacial score (nSPS) is 22.1. The zero-order chi connectivity index (χ0) is 14.7. The van der Waals surface area contributed by atoms with Gasteiger partial charge in [-0.05, 0) is 43.2 Å². The fraction of sp³-hybridized carbons (Fsp3) is 0.438. The second-order valence-electron chi connectivity index (χ2n) is 5.71. The molecule has 1 aliphatic rings. The van der Waals surface area contributed by atoms with E-state index < -0.39 is 0 Å². The molecule has 1 aromatic carbocycles. The number of aliphatic hydroxyl groups is 1. The van der Waals surface area contributed by atoms with E-state index in [1.165, 1.54) is 0 Å². The number of para-hydroxylation sites is 1. The van der Waals surface area contributed by atoms with E-state index in [2.05, 4.69) is 15.6 Å². The molecule has 112 valence electrons. The number of nitrogens with one attached hydrogen (secondary N) is 3. The van der Waals surface area contributed by atoms with Crippen molar-refractivity contribution in [2.75, 3.05) is 0 Å². The maximum Gasteiger partial charge on any atom is 0.315 e. The molecule has 21 heavy (non-hydrogen) atoms. The van der Waals surface area contributed by atoms with Crippen LogP contribution in [-0.2, 0) is 6.54 Å². The second kappa shape index (κ2) is 6.18. The fourth-order valence-corrected chi connectivity index (χ4v) is 2.86. The lowest BCUT2D eigenvalue weighted by molar-refractivity contribution is 0.117. The van der Waals surface area contributed by atoms with Crippen LogP contribution < -0.4 is 10.6 Å². The quantitative estimate of drug-likeness (QED) is 0.699. The Kier molecular flexibility index (Phi) is 4.10. The van der Waals surface area contributed by atoms with Crippen molar-refractivity contribution >= 4 is 16.9 Å². The molecule has 1 aromatic heterocycles. The van der Waals surface area contributed by atoms with Crippen molar-refractivity contribution in [1.82, 2.24) is 15.6 Å². The largest absolute Gasteiger partial charge is 0.393 e. The van der Waals surface area contributed by atoms with Crippen molar-refractivity contribution < 1.29 is 9.90 Å². The van der Waals surface area contributed by atoms with Gasteiger partial charge in [-0.15, -0.1) is 0 Å². The molecule has 0 bridgehead atoms. The minimum atomic E-state index is -0.197. The van der Waals surface area contributed by atoms with Gasteiger partial charge in [0.2, 0.25) is 0 Å². The highest BCUT2D eigenvalue weighted by atomic mass is 16.3. The number of carbonyl (C=O) groups is 1. The minimum Gasteiger partial charge on any atom is -0.393 e. The van der Waals surface area contributed by atoms with Gasteiger partial charge in [0.05, 0.1) is 12.6 Å². The predicted octanol–water partition coefficient (Wildman–Crippen LogP) is 2.27. The first-order chi connectivity index (χ1) is 10.2. The summed E-state index contributed by atoms with van der Waals surface area (Å²) in [6.45, 7) is 0.482. The third-order valence-corrected chi connectivity index (χ3v) is 4.06. The molecular weight excluding hydrogens is 266 g/mol. The third-order valence-electron chi connectivity index (χ3n) is 4.06. The Bertz CT molecular complexity index is 582. The van der Waals surface area contributed by atoms with Gasteiger partial charge in [0, 0.05) is 17.3 Å². The number of hydrogen-bond donors (Lipinski definition) is 4. The number of amides is 2. The first-order valence-corrected chi connectivity index (χ1v) is 7.50. The van der Waals surface area contributed by atoms with Gasteiger partial charge < -0.3 is 20.7 Å². The highest BCUT2D eigenvalue weighted by molar-refractivity contribution is 5.80. The second-order valence-corrected chi connectivity index (χ2v) is 5.71. The zero-order valence-corrected chi connectivity index (χ0v) is 11.9. The van der Waals surface area contributed by atoms with Crippen molar-refractivity contribution in [3.8, 4) is 0 Å². The summed E-state index contributed by atoms with van der Waals surface area (Å²) in [5.41, 5.74) is 2.07. The minimum absolute atomic E-state index is 0.143. The van der Waals surface area contributed by atoms with Crippen LogP contribution in [0.15, 0.2) is 30.3 Å². The summed E-state index contributed by atoms with van der Waals surface area (Å²) in [7, 11) is 0. The Balaban J connectivity index is 1.49. The maximum atomic E-state index is 11.9. The molecule has 0 spiro atoms. The Hall–Kier alpha value is -2.01. The molecule has 1 saturated carbocycles. The van der Waals surface area contributed by atoms with Crippen LogP contribution in [0.4, 0.5) is 4.79 Å². The van der Waals surface area contributed by atoms with Crippen molar-refractivity contribution in [3.63, 3.8) is 0 Å². The molecule has 0 aliphatic heterocycles. The molecule has 2 aromatic rings. The van der Waals surface area contributed by atoms with Crippen molar-refractivity contribution in [2.24, 2.45) is 0 Å². The topological polar surface area (TPSA) is 77.2 Å². The average molecular weight is 287 g/mol. The van der Waals surface area contributed by atoms with Gasteiger partial charge in [-0.3, -0.25) is 0 Å². The number of benzene rings is 1. The summed E-state index contributed by atoms with van der Waals surface area (Å²) in [5.74, 6) is 0. The Morgan fingerprint density at radius 1 is 1.24 bits per heavy atom. The number of H-pyrrole nitrogens is 1. The molecule has 0 unspecified atom stereocenters. The molecule has 4 N–H and O–H groups in total. The molecule has 2 amide bonds. The summed E-state index contributed by atoms with van der Waals surface area (Å²) in [6, 6.07) is 10.1. The van der Waals surface area contributed by atoms with Gasteiger partial charge >= 0.3 is 6.03 Å². The molecular formula is C16H21N3O2. The Morgan fingerprint density at radius 3 is 2.76 bits per heavy atom. The Morgan fingerprint density at radius 2 is 2.00 bits per heavy atom. The predicted molar refractivity (Wildman–Crippen MR) is 81.9 cm³/mol. The number of rotatable bonds is 3. The van der Waals surface area contributed by atoms with E-state index in [4.69, 9.17) is 0 Å². The highest BCUT2D eigenvalue weighted by Gasteiger charge is 2.20. The smallest absolute Gasteiger partial charge is 0.315 e. The third kappa shape index (κ3) is 3.55. The number of hydrogen-bond acceptors (Lipinski definition) is 2. The van der Waals surface area contributed by atoms with Gasteiger partial charge in [-0.1, -0.05) is 18.2 Å². The van der Waals surface area contributed by atoms with Gasteiger partial charge in [0.1, 0.15) is 0 Å². The van der Waals surface area contributed by atoms with Gasteiger partial charge in [-0.25, -0.2) is 4.79 Å². The molecule has 5 heteroatoms. The van der Waals surface area contributed by atoms with Gasteiger partial charge in [0.15, 0.2) is 0 Å². The number of aromatic nitrogens is 1. The molecule has 0 radical (unpaired) electrons. The molecule has 1 aliphatic carbocycles. The van der Waals surface area contributed by atoms with Crippen LogP contribution in [-0.4, -0.2) is 28.3 Å². The van der Waals surface area contributed by atoms with Crippen LogP contribution in [0.2, 0.25) is 0 Å². The number of fused-ring (bicyclic) bond motifs is 1. The number of carbonyl (C=O) groups excluding carboxylic acids is 1. The first kappa shape index (κ1) is 13.9. The van der Waals surface area contributed by atoms with Crippen LogP contribution >= 0.6 is 0 Å². The van der Waals surface area contributed by atoms with E-state index >= 15 is 0 Å². The van der Waals surface area contributed by atoms with Crippen LogP contribution in [0.1, 0.15) is 31.4 Å².